The molecule has 3 aromatic rings. The molecule has 1 aliphatic heterocycles. The van der Waals surface area contributed by atoms with Crippen molar-refractivity contribution in [1.82, 2.24) is 20.0 Å². The van der Waals surface area contributed by atoms with Gasteiger partial charge in [-0.2, -0.15) is 5.10 Å². The monoisotopic (exact) mass is 360 g/mol. The second kappa shape index (κ2) is 8.07. The number of piperazine rings is 1. The Labute approximate surface area is 161 Å². The number of aromatic nitrogens is 2. The van der Waals surface area contributed by atoms with Crippen LogP contribution in [-0.2, 0) is 6.54 Å². The molecular formula is C23H28N4. The van der Waals surface area contributed by atoms with E-state index in [1.54, 1.807) is 0 Å². The van der Waals surface area contributed by atoms with Crippen molar-refractivity contribution in [2.75, 3.05) is 26.2 Å². The Morgan fingerprint density at radius 3 is 2.22 bits per heavy atom. The van der Waals surface area contributed by atoms with E-state index in [1.807, 2.05) is 0 Å². The zero-order chi connectivity index (χ0) is 18.6. The van der Waals surface area contributed by atoms with E-state index in [-0.39, 0.29) is 0 Å². The third kappa shape index (κ3) is 3.97. The van der Waals surface area contributed by atoms with Crippen LogP contribution in [0.3, 0.4) is 0 Å². The maximum Gasteiger partial charge on any atom is 0.0673 e. The molecule has 0 radical (unpaired) electrons. The van der Waals surface area contributed by atoms with E-state index in [0.717, 1.165) is 38.4 Å². The van der Waals surface area contributed by atoms with Crippen LogP contribution in [0, 0.1) is 6.92 Å². The van der Waals surface area contributed by atoms with E-state index in [1.165, 1.54) is 22.4 Å². The highest BCUT2D eigenvalue weighted by Gasteiger charge is 2.26. The highest BCUT2D eigenvalue weighted by Crippen LogP contribution is 2.32. The maximum absolute atomic E-state index is 4.52. The summed E-state index contributed by atoms with van der Waals surface area (Å²) in [6.07, 6.45) is 0. The summed E-state index contributed by atoms with van der Waals surface area (Å²) in [7, 11) is 0. The molecule has 27 heavy (non-hydrogen) atoms. The first-order valence-corrected chi connectivity index (χ1v) is 9.83. The van der Waals surface area contributed by atoms with Gasteiger partial charge in [0.1, 0.15) is 0 Å². The highest BCUT2D eigenvalue weighted by molar-refractivity contribution is 5.68. The average molecular weight is 361 g/mol. The second-order valence-corrected chi connectivity index (χ2v) is 7.44. The van der Waals surface area contributed by atoms with E-state index < -0.39 is 0 Å². The minimum atomic E-state index is 0.334. The summed E-state index contributed by atoms with van der Waals surface area (Å²) in [6.45, 7) is 9.81. The largest absolute Gasteiger partial charge is 0.297 e. The molecule has 140 valence electrons. The Balaban J connectivity index is 1.44. The van der Waals surface area contributed by atoms with Crippen molar-refractivity contribution in [2.24, 2.45) is 0 Å². The van der Waals surface area contributed by atoms with Crippen LogP contribution in [-0.4, -0.2) is 46.2 Å². The van der Waals surface area contributed by atoms with Crippen molar-refractivity contribution in [3.8, 4) is 11.1 Å². The number of aryl methyl sites for hydroxylation is 1. The Morgan fingerprint density at radius 1 is 0.926 bits per heavy atom. The number of benzene rings is 2. The molecule has 1 saturated heterocycles. The maximum atomic E-state index is 4.52. The number of rotatable bonds is 5. The normalized spacial score (nSPS) is 17.1. The molecule has 4 rings (SSSR count). The van der Waals surface area contributed by atoms with Gasteiger partial charge in [-0.05, 0) is 25.0 Å². The lowest BCUT2D eigenvalue weighted by molar-refractivity contribution is 0.0965. The number of nitrogens with zero attached hydrogens (tertiary/aromatic N) is 3. The standard InChI is InChI=1S/C23H28N4/c1-18-22(21-11-7-4-8-12-21)23(25-24-18)19(2)27-15-13-26(14-16-27)17-20-9-5-3-6-10-20/h3-12,19H,13-17H2,1-2H3,(H,24,25). The van der Waals surface area contributed by atoms with Gasteiger partial charge in [-0.25, -0.2) is 0 Å². The van der Waals surface area contributed by atoms with Crippen molar-refractivity contribution in [1.29, 1.82) is 0 Å². The SMILES string of the molecule is Cc1n[nH]c(C(C)N2CCN(Cc3ccccc3)CC2)c1-c1ccccc1. The second-order valence-electron chi connectivity index (χ2n) is 7.44. The summed E-state index contributed by atoms with van der Waals surface area (Å²) in [6, 6.07) is 21.7. The van der Waals surface area contributed by atoms with Crippen LogP contribution >= 0.6 is 0 Å². The molecule has 0 saturated carbocycles. The predicted octanol–water partition coefficient (Wildman–Crippen LogP) is 4.26. The molecule has 0 aliphatic carbocycles. The van der Waals surface area contributed by atoms with Gasteiger partial charge in [-0.15, -0.1) is 0 Å². The number of H-pyrrole nitrogens is 1. The van der Waals surface area contributed by atoms with Gasteiger partial charge in [0.25, 0.3) is 0 Å². The molecular weight excluding hydrogens is 332 g/mol. The summed E-state index contributed by atoms with van der Waals surface area (Å²) in [5.41, 5.74) is 6.21. The van der Waals surface area contributed by atoms with Crippen LogP contribution in [0.5, 0.6) is 0 Å². The summed E-state index contributed by atoms with van der Waals surface area (Å²) in [5.74, 6) is 0. The van der Waals surface area contributed by atoms with Gasteiger partial charge in [-0.3, -0.25) is 14.9 Å². The van der Waals surface area contributed by atoms with E-state index >= 15 is 0 Å². The topological polar surface area (TPSA) is 35.2 Å². The number of hydrogen-bond donors (Lipinski definition) is 1. The molecule has 2 aromatic carbocycles. The van der Waals surface area contributed by atoms with Crippen LogP contribution in [0.25, 0.3) is 11.1 Å². The third-order valence-corrected chi connectivity index (χ3v) is 5.66. The summed E-state index contributed by atoms with van der Waals surface area (Å²) < 4.78 is 0. The first-order valence-electron chi connectivity index (χ1n) is 9.83. The summed E-state index contributed by atoms with van der Waals surface area (Å²) in [5, 5.41) is 7.83. The quantitative estimate of drug-likeness (QED) is 0.738. The molecule has 4 nitrogen and oxygen atoms in total. The fourth-order valence-electron chi connectivity index (χ4n) is 4.06. The Kier molecular flexibility index (Phi) is 5.37. The van der Waals surface area contributed by atoms with Crippen molar-refractivity contribution >= 4 is 0 Å². The van der Waals surface area contributed by atoms with Gasteiger partial charge in [0.05, 0.1) is 11.4 Å². The minimum absolute atomic E-state index is 0.334. The van der Waals surface area contributed by atoms with Gasteiger partial charge in [0.2, 0.25) is 0 Å². The van der Waals surface area contributed by atoms with Crippen molar-refractivity contribution < 1.29 is 0 Å². The molecule has 1 unspecified atom stereocenters. The van der Waals surface area contributed by atoms with Crippen LogP contribution < -0.4 is 0 Å². The van der Waals surface area contributed by atoms with Gasteiger partial charge in [0.15, 0.2) is 0 Å². The fraction of sp³-hybridized carbons (Fsp3) is 0.348. The molecule has 1 atom stereocenters. The molecule has 0 spiro atoms. The smallest absolute Gasteiger partial charge is 0.0673 e. The Hall–Kier alpha value is -2.43. The van der Waals surface area contributed by atoms with Gasteiger partial charge in [-0.1, -0.05) is 60.7 Å². The molecule has 4 heteroatoms. The van der Waals surface area contributed by atoms with Gasteiger partial charge >= 0.3 is 0 Å². The number of hydrogen-bond acceptors (Lipinski definition) is 3. The van der Waals surface area contributed by atoms with Crippen molar-refractivity contribution in [2.45, 2.75) is 26.4 Å². The van der Waals surface area contributed by atoms with E-state index in [9.17, 15) is 0 Å². The highest BCUT2D eigenvalue weighted by atomic mass is 15.3. The predicted molar refractivity (Wildman–Crippen MR) is 110 cm³/mol. The molecule has 0 bridgehead atoms. The Morgan fingerprint density at radius 2 is 1.56 bits per heavy atom. The van der Waals surface area contributed by atoms with Crippen molar-refractivity contribution in [3.63, 3.8) is 0 Å². The fourth-order valence-corrected chi connectivity index (χ4v) is 4.06. The molecule has 2 heterocycles. The molecule has 1 aliphatic rings. The average Bonchev–Trinajstić information content (AvgIpc) is 3.11. The number of nitrogens with one attached hydrogen (secondary N) is 1. The lowest BCUT2D eigenvalue weighted by atomic mass is 9.99. The van der Waals surface area contributed by atoms with E-state index in [2.05, 4.69) is 94.5 Å². The van der Waals surface area contributed by atoms with Crippen LogP contribution in [0.2, 0.25) is 0 Å². The molecule has 0 amide bonds. The molecule has 1 fully saturated rings. The first-order chi connectivity index (χ1) is 13.2. The summed E-state index contributed by atoms with van der Waals surface area (Å²) in [4.78, 5) is 5.12. The molecule has 1 aromatic heterocycles. The summed E-state index contributed by atoms with van der Waals surface area (Å²) >= 11 is 0. The number of aromatic amines is 1. The minimum Gasteiger partial charge on any atom is -0.297 e. The van der Waals surface area contributed by atoms with E-state index in [4.69, 9.17) is 0 Å². The molecule has 1 N–H and O–H groups in total. The van der Waals surface area contributed by atoms with Crippen LogP contribution in [0.1, 0.15) is 29.9 Å². The lowest BCUT2D eigenvalue weighted by Gasteiger charge is -2.38. The zero-order valence-electron chi connectivity index (χ0n) is 16.2. The van der Waals surface area contributed by atoms with Crippen molar-refractivity contribution in [3.05, 3.63) is 77.6 Å². The zero-order valence-corrected chi connectivity index (χ0v) is 16.2. The van der Waals surface area contributed by atoms with E-state index in [0.29, 0.717) is 6.04 Å². The van der Waals surface area contributed by atoms with Crippen LogP contribution in [0.15, 0.2) is 60.7 Å². The van der Waals surface area contributed by atoms with Gasteiger partial charge < -0.3 is 0 Å². The van der Waals surface area contributed by atoms with Crippen LogP contribution in [0.4, 0.5) is 0 Å². The third-order valence-electron chi connectivity index (χ3n) is 5.66. The lowest BCUT2D eigenvalue weighted by Crippen LogP contribution is -2.46. The Bertz CT molecular complexity index is 849. The first kappa shape index (κ1) is 18.0. The van der Waals surface area contributed by atoms with Gasteiger partial charge in [0, 0.05) is 44.3 Å².